The summed E-state index contributed by atoms with van der Waals surface area (Å²) in [5.74, 6) is 0.878. The van der Waals surface area contributed by atoms with Gasteiger partial charge in [-0.25, -0.2) is 0 Å². The van der Waals surface area contributed by atoms with Gasteiger partial charge in [0.05, 0.1) is 18.6 Å². The first-order chi connectivity index (χ1) is 9.47. The van der Waals surface area contributed by atoms with E-state index in [2.05, 4.69) is 5.32 Å². The fourth-order valence-corrected chi connectivity index (χ4v) is 2.81. The quantitative estimate of drug-likeness (QED) is 0.887. The Morgan fingerprint density at radius 2 is 2.10 bits per heavy atom. The van der Waals surface area contributed by atoms with Gasteiger partial charge in [-0.15, -0.1) is 0 Å². The Labute approximate surface area is 120 Å². The van der Waals surface area contributed by atoms with Gasteiger partial charge in [-0.2, -0.15) is 0 Å². The maximum atomic E-state index is 12.5. The molecule has 20 heavy (non-hydrogen) atoms. The Morgan fingerprint density at radius 3 is 2.60 bits per heavy atom. The lowest BCUT2D eigenvalue weighted by atomic mass is 9.84. The van der Waals surface area contributed by atoms with Crippen molar-refractivity contribution in [3.8, 4) is 5.75 Å². The monoisotopic (exact) mass is 276 g/mol. The van der Waals surface area contributed by atoms with Crippen LogP contribution in [0.15, 0.2) is 24.3 Å². The summed E-state index contributed by atoms with van der Waals surface area (Å²) in [5, 5.41) is 3.09. The molecule has 1 aromatic rings. The van der Waals surface area contributed by atoms with Gasteiger partial charge in [-0.3, -0.25) is 4.79 Å². The molecule has 0 bridgehead atoms. The van der Waals surface area contributed by atoms with Crippen molar-refractivity contribution in [1.82, 2.24) is 5.32 Å². The van der Waals surface area contributed by atoms with Gasteiger partial charge in [0.15, 0.2) is 0 Å². The van der Waals surface area contributed by atoms with Crippen LogP contribution in [0.3, 0.4) is 0 Å². The summed E-state index contributed by atoms with van der Waals surface area (Å²) in [6, 6.07) is 7.69. The summed E-state index contributed by atoms with van der Waals surface area (Å²) < 4.78 is 5.14. The zero-order valence-corrected chi connectivity index (χ0v) is 12.5. The summed E-state index contributed by atoms with van der Waals surface area (Å²) in [6.07, 6.45) is 2.83. The number of ether oxygens (including phenoxy) is 1. The number of amides is 1. The third-order valence-electron chi connectivity index (χ3n) is 4.51. The number of benzene rings is 1. The summed E-state index contributed by atoms with van der Waals surface area (Å²) in [5.41, 5.74) is 6.72. The number of carbonyl (C=O) groups excluding carboxylic acids is 1. The number of methoxy groups -OCH3 is 1. The van der Waals surface area contributed by atoms with E-state index in [1.165, 1.54) is 0 Å². The Balaban J connectivity index is 2.03. The number of hydrogen-bond donors (Lipinski definition) is 2. The van der Waals surface area contributed by atoms with Crippen LogP contribution in [0.4, 0.5) is 0 Å². The molecule has 1 saturated carbocycles. The molecule has 1 aliphatic carbocycles. The molecule has 1 aliphatic rings. The van der Waals surface area contributed by atoms with Crippen LogP contribution in [0.2, 0.25) is 0 Å². The van der Waals surface area contributed by atoms with E-state index in [-0.39, 0.29) is 18.0 Å². The fourth-order valence-electron chi connectivity index (χ4n) is 2.81. The second kappa shape index (κ2) is 5.83. The maximum absolute atomic E-state index is 12.5. The van der Waals surface area contributed by atoms with Crippen LogP contribution in [0, 0.1) is 5.41 Å². The van der Waals surface area contributed by atoms with Crippen molar-refractivity contribution >= 4 is 5.91 Å². The molecular formula is C16H24N2O2. The predicted octanol–water partition coefficient (Wildman–Crippen LogP) is 2.39. The van der Waals surface area contributed by atoms with Crippen molar-refractivity contribution in [1.29, 1.82) is 0 Å². The highest BCUT2D eigenvalue weighted by molar-refractivity contribution is 5.83. The minimum Gasteiger partial charge on any atom is -0.497 e. The van der Waals surface area contributed by atoms with Crippen molar-refractivity contribution in [3.05, 3.63) is 29.8 Å². The van der Waals surface area contributed by atoms with E-state index in [0.29, 0.717) is 0 Å². The molecule has 3 N–H and O–H groups in total. The molecule has 0 spiro atoms. The van der Waals surface area contributed by atoms with Crippen molar-refractivity contribution < 1.29 is 9.53 Å². The third-order valence-corrected chi connectivity index (χ3v) is 4.51. The van der Waals surface area contributed by atoms with Crippen LogP contribution in [-0.4, -0.2) is 19.1 Å². The van der Waals surface area contributed by atoms with Crippen LogP contribution >= 0.6 is 0 Å². The van der Waals surface area contributed by atoms with Crippen molar-refractivity contribution in [2.45, 2.75) is 45.2 Å². The predicted molar refractivity (Wildman–Crippen MR) is 79.5 cm³/mol. The molecule has 0 heterocycles. The SMILES string of the molecule is COc1ccc(C(C)NC(=O)C2(C)CCCC2N)cc1. The van der Waals surface area contributed by atoms with E-state index in [1.54, 1.807) is 7.11 Å². The summed E-state index contributed by atoms with van der Waals surface area (Å²) in [6.45, 7) is 3.96. The molecule has 1 amide bonds. The summed E-state index contributed by atoms with van der Waals surface area (Å²) in [7, 11) is 1.64. The summed E-state index contributed by atoms with van der Waals surface area (Å²) in [4.78, 5) is 12.5. The number of carbonyl (C=O) groups is 1. The van der Waals surface area contributed by atoms with E-state index in [9.17, 15) is 4.79 Å². The maximum Gasteiger partial charge on any atom is 0.227 e. The molecular weight excluding hydrogens is 252 g/mol. The molecule has 2 rings (SSSR count). The van der Waals surface area contributed by atoms with Gasteiger partial charge in [0.2, 0.25) is 5.91 Å². The van der Waals surface area contributed by atoms with Crippen LogP contribution in [-0.2, 0) is 4.79 Å². The van der Waals surface area contributed by atoms with E-state index in [1.807, 2.05) is 38.1 Å². The standard InChI is InChI=1S/C16H24N2O2/c1-11(12-6-8-13(20-3)9-7-12)18-15(19)16(2)10-4-5-14(16)17/h6-9,11,14H,4-5,10,17H2,1-3H3,(H,18,19). The first-order valence-corrected chi connectivity index (χ1v) is 7.18. The fraction of sp³-hybridized carbons (Fsp3) is 0.562. The molecule has 3 unspecified atom stereocenters. The first kappa shape index (κ1) is 14.9. The van der Waals surface area contributed by atoms with E-state index in [4.69, 9.17) is 10.5 Å². The second-order valence-corrected chi connectivity index (χ2v) is 5.88. The molecule has 4 nitrogen and oxygen atoms in total. The van der Waals surface area contributed by atoms with Gasteiger partial charge < -0.3 is 15.8 Å². The molecule has 0 saturated heterocycles. The van der Waals surface area contributed by atoms with Crippen molar-refractivity contribution in [3.63, 3.8) is 0 Å². The molecule has 3 atom stereocenters. The lowest BCUT2D eigenvalue weighted by Crippen LogP contribution is -2.47. The van der Waals surface area contributed by atoms with Crippen LogP contribution in [0.1, 0.15) is 44.7 Å². The minimum absolute atomic E-state index is 0.0296. The van der Waals surface area contributed by atoms with Gasteiger partial charge in [0, 0.05) is 6.04 Å². The van der Waals surface area contributed by atoms with E-state index >= 15 is 0 Å². The lowest BCUT2D eigenvalue weighted by molar-refractivity contribution is -0.131. The Kier molecular flexibility index (Phi) is 4.33. The van der Waals surface area contributed by atoms with Gasteiger partial charge >= 0.3 is 0 Å². The topological polar surface area (TPSA) is 64.3 Å². The number of hydrogen-bond acceptors (Lipinski definition) is 3. The third kappa shape index (κ3) is 2.80. The molecule has 4 heteroatoms. The van der Waals surface area contributed by atoms with Gasteiger partial charge in [0.1, 0.15) is 5.75 Å². The number of rotatable bonds is 4. The molecule has 0 aromatic heterocycles. The Morgan fingerprint density at radius 1 is 1.45 bits per heavy atom. The highest BCUT2D eigenvalue weighted by Gasteiger charge is 2.43. The molecule has 110 valence electrons. The van der Waals surface area contributed by atoms with E-state index < -0.39 is 5.41 Å². The highest BCUT2D eigenvalue weighted by atomic mass is 16.5. The largest absolute Gasteiger partial charge is 0.497 e. The van der Waals surface area contributed by atoms with Crippen LogP contribution in [0.25, 0.3) is 0 Å². The highest BCUT2D eigenvalue weighted by Crippen LogP contribution is 2.37. The normalized spacial score (nSPS) is 27.1. The summed E-state index contributed by atoms with van der Waals surface area (Å²) >= 11 is 0. The molecule has 0 radical (unpaired) electrons. The lowest BCUT2D eigenvalue weighted by Gasteiger charge is -2.29. The second-order valence-electron chi connectivity index (χ2n) is 5.88. The van der Waals surface area contributed by atoms with Gasteiger partial charge in [-0.1, -0.05) is 18.6 Å². The zero-order valence-electron chi connectivity index (χ0n) is 12.5. The molecule has 0 aliphatic heterocycles. The average Bonchev–Trinajstić information content (AvgIpc) is 2.80. The van der Waals surface area contributed by atoms with Gasteiger partial charge in [-0.05, 0) is 44.4 Å². The Bertz CT molecular complexity index is 472. The number of nitrogens with one attached hydrogen (secondary N) is 1. The molecule has 1 aromatic carbocycles. The van der Waals surface area contributed by atoms with Crippen molar-refractivity contribution in [2.75, 3.05) is 7.11 Å². The van der Waals surface area contributed by atoms with E-state index in [0.717, 1.165) is 30.6 Å². The zero-order chi connectivity index (χ0) is 14.8. The smallest absolute Gasteiger partial charge is 0.227 e. The average molecular weight is 276 g/mol. The van der Waals surface area contributed by atoms with Crippen LogP contribution in [0.5, 0.6) is 5.75 Å². The molecule has 1 fully saturated rings. The Hall–Kier alpha value is -1.55. The van der Waals surface area contributed by atoms with Gasteiger partial charge in [0.25, 0.3) is 0 Å². The number of nitrogens with two attached hydrogens (primary N) is 1. The first-order valence-electron chi connectivity index (χ1n) is 7.18. The minimum atomic E-state index is -0.430. The van der Waals surface area contributed by atoms with Crippen LogP contribution < -0.4 is 15.8 Å². The van der Waals surface area contributed by atoms with Crippen molar-refractivity contribution in [2.24, 2.45) is 11.1 Å².